The summed E-state index contributed by atoms with van der Waals surface area (Å²) in [5.41, 5.74) is 0. The van der Waals surface area contributed by atoms with Gasteiger partial charge in [-0.05, 0) is 64.1 Å². The minimum atomic E-state index is 0.00568. The van der Waals surface area contributed by atoms with E-state index in [0.29, 0.717) is 11.8 Å². The van der Waals surface area contributed by atoms with E-state index in [-0.39, 0.29) is 11.9 Å². The molecule has 0 spiro atoms. The molecule has 0 radical (unpaired) electrons. The summed E-state index contributed by atoms with van der Waals surface area (Å²) in [6.45, 7) is 13.7. The van der Waals surface area contributed by atoms with Gasteiger partial charge >= 0.3 is 0 Å². The van der Waals surface area contributed by atoms with Crippen LogP contribution < -0.4 is 10.6 Å². The molecule has 1 rings (SSSR count). The van der Waals surface area contributed by atoms with Crippen LogP contribution >= 0.6 is 0 Å². The van der Waals surface area contributed by atoms with Gasteiger partial charge in [0.1, 0.15) is 0 Å². The Morgan fingerprint density at radius 3 is 2.71 bits per heavy atom. The van der Waals surface area contributed by atoms with Crippen molar-refractivity contribution in [2.75, 3.05) is 32.7 Å². The van der Waals surface area contributed by atoms with Crippen LogP contribution in [0.1, 0.15) is 53.4 Å². The van der Waals surface area contributed by atoms with Crippen molar-refractivity contribution in [2.45, 2.75) is 59.4 Å². The highest BCUT2D eigenvalue weighted by molar-refractivity contribution is 5.81. The van der Waals surface area contributed by atoms with E-state index in [1.807, 2.05) is 6.92 Å². The zero-order chi connectivity index (χ0) is 15.7. The standard InChI is InChI=1S/C17H35N3O/c1-5-9-18-12-16-7-6-11-20(13-16)15(4)17(21)19-10-8-14(2)3/h14-16,18H,5-13H2,1-4H3,(H,19,21). The van der Waals surface area contributed by atoms with Crippen molar-refractivity contribution in [3.05, 3.63) is 0 Å². The number of carbonyl (C=O) groups is 1. The molecule has 0 aromatic carbocycles. The predicted molar refractivity (Wildman–Crippen MR) is 89.4 cm³/mol. The van der Waals surface area contributed by atoms with Crippen molar-refractivity contribution >= 4 is 5.91 Å². The zero-order valence-electron chi connectivity index (χ0n) is 14.5. The van der Waals surface area contributed by atoms with Gasteiger partial charge in [-0.25, -0.2) is 0 Å². The summed E-state index contributed by atoms with van der Waals surface area (Å²) in [5.74, 6) is 1.53. The number of piperidine rings is 1. The molecule has 2 unspecified atom stereocenters. The number of hydrogen-bond donors (Lipinski definition) is 2. The van der Waals surface area contributed by atoms with E-state index in [1.165, 1.54) is 19.3 Å². The fourth-order valence-electron chi connectivity index (χ4n) is 2.90. The molecule has 0 aliphatic carbocycles. The normalized spacial score (nSPS) is 21.5. The number of hydrogen-bond acceptors (Lipinski definition) is 3. The number of nitrogens with zero attached hydrogens (tertiary/aromatic N) is 1. The second-order valence-electron chi connectivity index (χ2n) is 6.86. The molecule has 1 aliphatic heterocycles. The van der Waals surface area contributed by atoms with Crippen LogP contribution in [-0.2, 0) is 4.79 Å². The Morgan fingerprint density at radius 2 is 2.05 bits per heavy atom. The van der Waals surface area contributed by atoms with Crippen LogP contribution in [-0.4, -0.2) is 49.6 Å². The summed E-state index contributed by atoms with van der Waals surface area (Å²) in [5, 5.41) is 6.59. The first-order chi connectivity index (χ1) is 10.0. The molecule has 4 nitrogen and oxygen atoms in total. The smallest absolute Gasteiger partial charge is 0.237 e. The lowest BCUT2D eigenvalue weighted by Crippen LogP contribution is -2.50. The fourth-order valence-corrected chi connectivity index (χ4v) is 2.90. The number of rotatable bonds is 9. The predicted octanol–water partition coefficient (Wildman–Crippen LogP) is 2.25. The van der Waals surface area contributed by atoms with E-state index < -0.39 is 0 Å². The van der Waals surface area contributed by atoms with Crippen molar-refractivity contribution in [1.29, 1.82) is 0 Å². The lowest BCUT2D eigenvalue weighted by molar-refractivity contribution is -0.126. The molecule has 1 fully saturated rings. The molecule has 2 N–H and O–H groups in total. The van der Waals surface area contributed by atoms with Crippen LogP contribution in [0.5, 0.6) is 0 Å². The number of likely N-dealkylation sites (tertiary alicyclic amines) is 1. The molecule has 4 heteroatoms. The van der Waals surface area contributed by atoms with E-state index in [2.05, 4.69) is 36.3 Å². The Hall–Kier alpha value is -0.610. The molecular formula is C17H35N3O. The van der Waals surface area contributed by atoms with Gasteiger partial charge in [0.25, 0.3) is 0 Å². The molecule has 1 heterocycles. The van der Waals surface area contributed by atoms with Crippen molar-refractivity contribution in [3.63, 3.8) is 0 Å². The Bertz CT molecular complexity index is 294. The van der Waals surface area contributed by atoms with Crippen LogP contribution in [0.2, 0.25) is 0 Å². The Kier molecular flexibility index (Phi) is 8.93. The van der Waals surface area contributed by atoms with Gasteiger partial charge in [0.2, 0.25) is 5.91 Å². The summed E-state index contributed by atoms with van der Waals surface area (Å²) in [6, 6.07) is 0.00568. The van der Waals surface area contributed by atoms with E-state index in [0.717, 1.165) is 39.1 Å². The Balaban J connectivity index is 2.31. The van der Waals surface area contributed by atoms with Crippen LogP contribution in [0.4, 0.5) is 0 Å². The van der Waals surface area contributed by atoms with Crippen molar-refractivity contribution in [1.82, 2.24) is 15.5 Å². The average Bonchev–Trinajstić information content (AvgIpc) is 2.46. The lowest BCUT2D eigenvalue weighted by atomic mass is 9.96. The topological polar surface area (TPSA) is 44.4 Å². The minimum Gasteiger partial charge on any atom is -0.355 e. The molecule has 0 saturated carbocycles. The van der Waals surface area contributed by atoms with Crippen LogP contribution in [0, 0.1) is 11.8 Å². The summed E-state index contributed by atoms with van der Waals surface area (Å²) >= 11 is 0. The largest absolute Gasteiger partial charge is 0.355 e. The molecule has 2 atom stereocenters. The van der Waals surface area contributed by atoms with Gasteiger partial charge in [0, 0.05) is 13.1 Å². The van der Waals surface area contributed by atoms with Crippen LogP contribution in [0.3, 0.4) is 0 Å². The van der Waals surface area contributed by atoms with E-state index in [1.54, 1.807) is 0 Å². The van der Waals surface area contributed by atoms with Gasteiger partial charge < -0.3 is 10.6 Å². The van der Waals surface area contributed by atoms with E-state index >= 15 is 0 Å². The number of amides is 1. The van der Waals surface area contributed by atoms with Gasteiger partial charge in [-0.15, -0.1) is 0 Å². The summed E-state index contributed by atoms with van der Waals surface area (Å²) < 4.78 is 0. The van der Waals surface area contributed by atoms with E-state index in [9.17, 15) is 4.79 Å². The highest BCUT2D eigenvalue weighted by Crippen LogP contribution is 2.18. The highest BCUT2D eigenvalue weighted by atomic mass is 16.2. The maximum atomic E-state index is 12.2. The quantitative estimate of drug-likeness (QED) is 0.642. The summed E-state index contributed by atoms with van der Waals surface area (Å²) in [4.78, 5) is 14.6. The van der Waals surface area contributed by atoms with E-state index in [4.69, 9.17) is 0 Å². The SMILES string of the molecule is CCCNCC1CCCN(C(C)C(=O)NCCC(C)C)C1. The first-order valence-corrected chi connectivity index (χ1v) is 8.77. The molecular weight excluding hydrogens is 262 g/mol. The molecule has 1 amide bonds. The molecule has 1 aliphatic rings. The van der Waals surface area contributed by atoms with Gasteiger partial charge in [-0.2, -0.15) is 0 Å². The monoisotopic (exact) mass is 297 g/mol. The second kappa shape index (κ2) is 10.2. The summed E-state index contributed by atoms with van der Waals surface area (Å²) in [6.07, 6.45) is 4.74. The number of carbonyl (C=O) groups excluding carboxylic acids is 1. The molecule has 124 valence electrons. The van der Waals surface area contributed by atoms with Gasteiger partial charge in [-0.3, -0.25) is 9.69 Å². The van der Waals surface area contributed by atoms with Crippen molar-refractivity contribution in [3.8, 4) is 0 Å². The zero-order valence-corrected chi connectivity index (χ0v) is 14.5. The average molecular weight is 297 g/mol. The summed E-state index contributed by atoms with van der Waals surface area (Å²) in [7, 11) is 0. The first-order valence-electron chi connectivity index (χ1n) is 8.77. The second-order valence-corrected chi connectivity index (χ2v) is 6.86. The Labute approximate surface area is 131 Å². The molecule has 0 aromatic heterocycles. The maximum Gasteiger partial charge on any atom is 0.237 e. The lowest BCUT2D eigenvalue weighted by Gasteiger charge is -2.36. The molecule has 21 heavy (non-hydrogen) atoms. The Morgan fingerprint density at radius 1 is 1.29 bits per heavy atom. The van der Waals surface area contributed by atoms with Gasteiger partial charge in [-0.1, -0.05) is 20.8 Å². The number of nitrogens with one attached hydrogen (secondary N) is 2. The minimum absolute atomic E-state index is 0.00568. The third kappa shape index (κ3) is 7.28. The van der Waals surface area contributed by atoms with Gasteiger partial charge in [0.05, 0.1) is 6.04 Å². The highest BCUT2D eigenvalue weighted by Gasteiger charge is 2.26. The van der Waals surface area contributed by atoms with Crippen LogP contribution in [0.15, 0.2) is 0 Å². The van der Waals surface area contributed by atoms with Crippen LogP contribution in [0.25, 0.3) is 0 Å². The fraction of sp³-hybridized carbons (Fsp3) is 0.941. The van der Waals surface area contributed by atoms with Crippen molar-refractivity contribution in [2.24, 2.45) is 11.8 Å². The third-order valence-corrected chi connectivity index (χ3v) is 4.36. The molecule has 1 saturated heterocycles. The van der Waals surface area contributed by atoms with Gasteiger partial charge in [0.15, 0.2) is 0 Å². The molecule has 0 aromatic rings. The molecule has 0 bridgehead atoms. The third-order valence-electron chi connectivity index (χ3n) is 4.36. The van der Waals surface area contributed by atoms with Crippen molar-refractivity contribution < 1.29 is 4.79 Å². The first kappa shape index (κ1) is 18.4. The maximum absolute atomic E-state index is 12.2.